The highest BCUT2D eigenvalue weighted by Gasteiger charge is 2.02. The zero-order valence-electron chi connectivity index (χ0n) is 11.7. The summed E-state index contributed by atoms with van der Waals surface area (Å²) in [6, 6.07) is 9.97. The highest BCUT2D eigenvalue weighted by Crippen LogP contribution is 2.17. The molecule has 2 aromatic rings. The number of nitrogens with one attached hydrogen (secondary N) is 1. The number of rotatable bonds is 7. The molecule has 0 amide bonds. The Balaban J connectivity index is 1.82. The lowest BCUT2D eigenvalue weighted by Gasteiger charge is -2.10. The second-order valence-corrected chi connectivity index (χ2v) is 4.47. The van der Waals surface area contributed by atoms with E-state index in [1.54, 1.807) is 0 Å². The predicted molar refractivity (Wildman–Crippen MR) is 79.4 cm³/mol. The van der Waals surface area contributed by atoms with Gasteiger partial charge in [-0.1, -0.05) is 24.1 Å². The van der Waals surface area contributed by atoms with Crippen molar-refractivity contribution < 1.29 is 4.74 Å². The molecule has 0 aliphatic carbocycles. The molecule has 0 bridgehead atoms. The van der Waals surface area contributed by atoms with E-state index in [0.29, 0.717) is 6.61 Å². The highest BCUT2D eigenvalue weighted by molar-refractivity contribution is 5.33. The molecule has 104 valence electrons. The van der Waals surface area contributed by atoms with Gasteiger partial charge in [-0.2, -0.15) is 5.10 Å². The van der Waals surface area contributed by atoms with E-state index in [4.69, 9.17) is 11.2 Å². The Kier molecular flexibility index (Phi) is 5.22. The van der Waals surface area contributed by atoms with Crippen molar-refractivity contribution >= 4 is 0 Å². The quantitative estimate of drug-likeness (QED) is 0.615. The normalized spacial score (nSPS) is 10.2. The molecule has 0 unspecified atom stereocenters. The average molecular weight is 269 g/mol. The summed E-state index contributed by atoms with van der Waals surface area (Å²) >= 11 is 0. The summed E-state index contributed by atoms with van der Waals surface area (Å²) in [6.07, 6.45) is 7.98. The zero-order valence-corrected chi connectivity index (χ0v) is 11.7. The van der Waals surface area contributed by atoms with Crippen molar-refractivity contribution in [3.8, 4) is 18.1 Å². The maximum absolute atomic E-state index is 5.52. The van der Waals surface area contributed by atoms with E-state index in [9.17, 15) is 0 Å². The van der Waals surface area contributed by atoms with Crippen LogP contribution in [0.2, 0.25) is 0 Å². The molecule has 20 heavy (non-hydrogen) atoms. The number of hydrogen-bond acceptors (Lipinski definition) is 3. The van der Waals surface area contributed by atoms with Gasteiger partial charge in [-0.05, 0) is 12.1 Å². The van der Waals surface area contributed by atoms with E-state index in [0.717, 1.165) is 30.8 Å². The van der Waals surface area contributed by atoms with Crippen molar-refractivity contribution in [1.82, 2.24) is 15.1 Å². The number of ether oxygens (including phenoxy) is 1. The van der Waals surface area contributed by atoms with Crippen molar-refractivity contribution in [2.24, 2.45) is 7.05 Å². The summed E-state index contributed by atoms with van der Waals surface area (Å²) in [5.74, 6) is 3.33. The van der Waals surface area contributed by atoms with Gasteiger partial charge >= 0.3 is 0 Å². The fourth-order valence-corrected chi connectivity index (χ4v) is 2.00. The van der Waals surface area contributed by atoms with E-state index in [2.05, 4.69) is 16.3 Å². The summed E-state index contributed by atoms with van der Waals surface area (Å²) in [7, 11) is 1.96. The van der Waals surface area contributed by atoms with Crippen molar-refractivity contribution in [2.45, 2.75) is 13.0 Å². The van der Waals surface area contributed by atoms with E-state index in [1.807, 2.05) is 48.3 Å². The molecular formula is C16H19N3O. The number of aryl methyl sites for hydroxylation is 1. The molecule has 0 aliphatic rings. The maximum atomic E-state index is 5.52. The van der Waals surface area contributed by atoms with Crippen molar-refractivity contribution in [2.75, 3.05) is 13.2 Å². The molecule has 1 aromatic carbocycles. The van der Waals surface area contributed by atoms with E-state index in [1.165, 1.54) is 5.69 Å². The molecule has 4 nitrogen and oxygen atoms in total. The summed E-state index contributed by atoms with van der Waals surface area (Å²) in [6.45, 7) is 1.95. The number of nitrogens with zero attached hydrogens (tertiary/aromatic N) is 2. The Morgan fingerprint density at radius 3 is 2.95 bits per heavy atom. The molecular weight excluding hydrogens is 250 g/mol. The first-order chi connectivity index (χ1) is 9.81. The molecule has 1 N–H and O–H groups in total. The number of aromatic nitrogens is 2. The molecule has 4 heteroatoms. The fourth-order valence-electron chi connectivity index (χ4n) is 2.00. The standard InChI is InChI=1S/C16H19N3O/c1-3-12-20-16-7-5-4-6-14(16)13-17-10-8-15-9-11-18-19(15)2/h1,4-7,9,11,17H,8,10,12-13H2,2H3. The largest absolute Gasteiger partial charge is 0.481 e. The molecule has 1 aromatic heterocycles. The van der Waals surface area contributed by atoms with E-state index >= 15 is 0 Å². The van der Waals surface area contributed by atoms with Crippen LogP contribution in [0.15, 0.2) is 36.5 Å². The number of terminal acetylenes is 1. The Hall–Kier alpha value is -2.25. The second-order valence-electron chi connectivity index (χ2n) is 4.47. The van der Waals surface area contributed by atoms with E-state index < -0.39 is 0 Å². The van der Waals surface area contributed by atoms with Gasteiger partial charge in [0.2, 0.25) is 0 Å². The maximum Gasteiger partial charge on any atom is 0.148 e. The molecule has 0 spiro atoms. The smallest absolute Gasteiger partial charge is 0.148 e. The van der Waals surface area contributed by atoms with Gasteiger partial charge in [-0.25, -0.2) is 0 Å². The van der Waals surface area contributed by atoms with Crippen LogP contribution in [0.5, 0.6) is 5.75 Å². The van der Waals surface area contributed by atoms with Crippen LogP contribution in [0.3, 0.4) is 0 Å². The Labute approximate surface area is 119 Å². The molecule has 0 saturated heterocycles. The van der Waals surface area contributed by atoms with Crippen molar-refractivity contribution in [3.63, 3.8) is 0 Å². The Morgan fingerprint density at radius 1 is 1.35 bits per heavy atom. The minimum Gasteiger partial charge on any atom is -0.481 e. The van der Waals surface area contributed by atoms with Crippen LogP contribution in [0.1, 0.15) is 11.3 Å². The first-order valence-electron chi connectivity index (χ1n) is 6.63. The third kappa shape index (κ3) is 3.87. The SMILES string of the molecule is C#CCOc1ccccc1CNCCc1ccnn1C. The number of hydrogen-bond donors (Lipinski definition) is 1. The molecule has 0 fully saturated rings. The van der Waals surface area contributed by atoms with Crippen LogP contribution in [-0.2, 0) is 20.0 Å². The Morgan fingerprint density at radius 2 is 2.20 bits per heavy atom. The van der Waals surface area contributed by atoms with Crippen LogP contribution in [0.25, 0.3) is 0 Å². The monoisotopic (exact) mass is 269 g/mol. The van der Waals surface area contributed by atoms with Crippen LogP contribution in [-0.4, -0.2) is 22.9 Å². The van der Waals surface area contributed by atoms with Gasteiger partial charge in [-0.3, -0.25) is 4.68 Å². The van der Waals surface area contributed by atoms with Gasteiger partial charge in [0.05, 0.1) is 0 Å². The highest BCUT2D eigenvalue weighted by atomic mass is 16.5. The first-order valence-corrected chi connectivity index (χ1v) is 6.63. The fraction of sp³-hybridized carbons (Fsp3) is 0.312. The van der Waals surface area contributed by atoms with Gasteiger partial charge in [0.15, 0.2) is 0 Å². The van der Waals surface area contributed by atoms with Crippen molar-refractivity contribution in [3.05, 3.63) is 47.8 Å². The van der Waals surface area contributed by atoms with E-state index in [-0.39, 0.29) is 0 Å². The molecule has 2 rings (SSSR count). The minimum absolute atomic E-state index is 0.298. The lowest BCUT2D eigenvalue weighted by atomic mass is 10.2. The van der Waals surface area contributed by atoms with Crippen LogP contribution in [0.4, 0.5) is 0 Å². The van der Waals surface area contributed by atoms with Gasteiger partial charge in [0.25, 0.3) is 0 Å². The molecule has 0 aliphatic heterocycles. The van der Waals surface area contributed by atoms with Crippen LogP contribution < -0.4 is 10.1 Å². The lowest BCUT2D eigenvalue weighted by molar-refractivity contribution is 0.365. The topological polar surface area (TPSA) is 39.1 Å². The third-order valence-electron chi connectivity index (χ3n) is 3.08. The summed E-state index contributed by atoms with van der Waals surface area (Å²) in [4.78, 5) is 0. The molecule has 1 heterocycles. The molecule has 0 radical (unpaired) electrons. The summed E-state index contributed by atoms with van der Waals surface area (Å²) in [5, 5.41) is 7.56. The van der Waals surface area contributed by atoms with Crippen LogP contribution >= 0.6 is 0 Å². The Bertz CT molecular complexity index is 583. The van der Waals surface area contributed by atoms with Crippen molar-refractivity contribution in [1.29, 1.82) is 0 Å². The average Bonchev–Trinajstić information content (AvgIpc) is 2.88. The van der Waals surface area contributed by atoms with Gasteiger partial charge in [0, 0.05) is 44.0 Å². The predicted octanol–water partition coefficient (Wildman–Crippen LogP) is 1.76. The number of para-hydroxylation sites is 1. The number of benzene rings is 1. The second kappa shape index (κ2) is 7.37. The molecule has 0 saturated carbocycles. The van der Waals surface area contributed by atoms with Gasteiger partial charge in [0.1, 0.15) is 12.4 Å². The van der Waals surface area contributed by atoms with Gasteiger partial charge in [-0.15, -0.1) is 6.42 Å². The zero-order chi connectivity index (χ0) is 14.2. The summed E-state index contributed by atoms with van der Waals surface area (Å²) < 4.78 is 7.41. The van der Waals surface area contributed by atoms with Gasteiger partial charge < -0.3 is 10.1 Å². The minimum atomic E-state index is 0.298. The first kappa shape index (κ1) is 14.2. The van der Waals surface area contributed by atoms with Crippen LogP contribution in [0, 0.1) is 12.3 Å². The third-order valence-corrected chi connectivity index (χ3v) is 3.08. The molecule has 0 atom stereocenters. The summed E-state index contributed by atoms with van der Waals surface area (Å²) in [5.41, 5.74) is 2.34. The lowest BCUT2D eigenvalue weighted by Crippen LogP contribution is -2.18.